The summed E-state index contributed by atoms with van der Waals surface area (Å²) in [5.41, 5.74) is 1.96. The lowest BCUT2D eigenvalue weighted by Crippen LogP contribution is -2.34. The molecule has 0 saturated carbocycles. The van der Waals surface area contributed by atoms with Crippen molar-refractivity contribution >= 4 is 21.4 Å². The molecule has 1 heterocycles. The van der Waals surface area contributed by atoms with E-state index in [1.54, 1.807) is 23.5 Å². The van der Waals surface area contributed by atoms with E-state index in [-0.39, 0.29) is 10.9 Å². The van der Waals surface area contributed by atoms with E-state index in [2.05, 4.69) is 4.72 Å². The van der Waals surface area contributed by atoms with Gasteiger partial charge in [0.15, 0.2) is 0 Å². The average molecular weight is 354 g/mol. The Morgan fingerprint density at radius 2 is 2.04 bits per heavy atom. The molecule has 1 aromatic heterocycles. The summed E-state index contributed by atoms with van der Waals surface area (Å²) in [5, 5.41) is 4.02. The van der Waals surface area contributed by atoms with Crippen LogP contribution in [0.3, 0.4) is 0 Å². The largest absolute Gasteiger partial charge is 0.495 e. The van der Waals surface area contributed by atoms with Crippen molar-refractivity contribution in [2.24, 2.45) is 0 Å². The van der Waals surface area contributed by atoms with Crippen molar-refractivity contribution in [2.45, 2.75) is 17.9 Å². The van der Waals surface area contributed by atoms with Crippen molar-refractivity contribution < 1.29 is 13.2 Å². The normalized spacial score (nSPS) is 13.3. The quantitative estimate of drug-likeness (QED) is 0.830. The van der Waals surface area contributed by atoms with Gasteiger partial charge < -0.3 is 9.64 Å². The maximum absolute atomic E-state index is 12.7. The van der Waals surface area contributed by atoms with E-state index in [0.29, 0.717) is 12.3 Å². The van der Waals surface area contributed by atoms with Crippen molar-refractivity contribution in [1.29, 1.82) is 0 Å². The molecule has 0 aliphatic rings. The molecule has 0 aliphatic heterocycles. The Hall–Kier alpha value is -1.41. The third-order valence-corrected chi connectivity index (χ3v) is 5.77. The summed E-state index contributed by atoms with van der Waals surface area (Å²) in [6, 6.07) is 7.11. The zero-order valence-electron chi connectivity index (χ0n) is 13.7. The van der Waals surface area contributed by atoms with Crippen LogP contribution in [0.25, 0.3) is 0 Å². The van der Waals surface area contributed by atoms with Gasteiger partial charge in [0.05, 0.1) is 7.11 Å². The average Bonchev–Trinajstić information content (AvgIpc) is 3.01. The predicted molar refractivity (Wildman–Crippen MR) is 93.7 cm³/mol. The molecular formula is C16H22N2O3S2. The van der Waals surface area contributed by atoms with Crippen LogP contribution in [0, 0.1) is 6.92 Å². The summed E-state index contributed by atoms with van der Waals surface area (Å²) in [4.78, 5) is 2.17. The van der Waals surface area contributed by atoms with E-state index >= 15 is 0 Å². The molecule has 1 aromatic carbocycles. The van der Waals surface area contributed by atoms with Gasteiger partial charge in [-0.05, 0) is 61.1 Å². The molecule has 1 N–H and O–H groups in total. The maximum atomic E-state index is 12.7. The van der Waals surface area contributed by atoms with E-state index in [1.165, 1.54) is 7.11 Å². The summed E-state index contributed by atoms with van der Waals surface area (Å²) in [6.45, 7) is 2.15. The van der Waals surface area contributed by atoms with Gasteiger partial charge in [0.1, 0.15) is 10.6 Å². The number of aryl methyl sites for hydroxylation is 1. The molecule has 5 nitrogen and oxygen atoms in total. The van der Waals surface area contributed by atoms with Crippen LogP contribution in [0.5, 0.6) is 5.75 Å². The summed E-state index contributed by atoms with van der Waals surface area (Å²) in [5.74, 6) is 0.347. The van der Waals surface area contributed by atoms with E-state index < -0.39 is 10.0 Å². The molecule has 0 bridgehead atoms. The van der Waals surface area contributed by atoms with Crippen LogP contribution in [0.4, 0.5) is 0 Å². The maximum Gasteiger partial charge on any atom is 0.244 e. The predicted octanol–water partition coefficient (Wildman–Crippen LogP) is 2.65. The van der Waals surface area contributed by atoms with Gasteiger partial charge in [0.25, 0.3) is 0 Å². The fourth-order valence-corrected chi connectivity index (χ4v) is 4.32. The summed E-state index contributed by atoms with van der Waals surface area (Å²) in [7, 11) is 1.70. The van der Waals surface area contributed by atoms with Crippen LogP contribution >= 0.6 is 11.3 Å². The molecule has 2 rings (SSSR count). The van der Waals surface area contributed by atoms with Crippen molar-refractivity contribution in [2.75, 3.05) is 27.7 Å². The van der Waals surface area contributed by atoms with Crippen LogP contribution in [0.1, 0.15) is 17.2 Å². The lowest BCUT2D eigenvalue weighted by molar-refractivity contribution is 0.300. The number of thiophene rings is 1. The number of rotatable bonds is 7. The second-order valence-electron chi connectivity index (χ2n) is 5.54. The van der Waals surface area contributed by atoms with E-state index in [1.807, 2.05) is 48.8 Å². The molecule has 0 aliphatic carbocycles. The van der Waals surface area contributed by atoms with Crippen LogP contribution in [0.15, 0.2) is 39.9 Å². The van der Waals surface area contributed by atoms with Gasteiger partial charge in [-0.15, -0.1) is 0 Å². The number of likely N-dealkylation sites (N-methyl/N-ethyl adjacent to an activating group) is 1. The van der Waals surface area contributed by atoms with Gasteiger partial charge in [0, 0.05) is 12.6 Å². The Morgan fingerprint density at radius 3 is 2.61 bits per heavy atom. The number of methoxy groups -OCH3 is 1. The Bertz CT molecular complexity index is 741. The second-order valence-corrected chi connectivity index (χ2v) is 8.06. The van der Waals surface area contributed by atoms with E-state index in [4.69, 9.17) is 4.74 Å². The third-order valence-electron chi connectivity index (χ3n) is 3.63. The van der Waals surface area contributed by atoms with Crippen LogP contribution in [-0.2, 0) is 10.0 Å². The first-order chi connectivity index (χ1) is 10.8. The SMILES string of the molecule is COc1ccc(C)cc1S(=O)(=O)NCC(c1ccsc1)N(C)C. The van der Waals surface area contributed by atoms with Gasteiger partial charge in [-0.3, -0.25) is 0 Å². The minimum Gasteiger partial charge on any atom is -0.495 e. The van der Waals surface area contributed by atoms with Gasteiger partial charge in [-0.2, -0.15) is 11.3 Å². The smallest absolute Gasteiger partial charge is 0.244 e. The lowest BCUT2D eigenvalue weighted by Gasteiger charge is -2.24. The third kappa shape index (κ3) is 4.32. The highest BCUT2D eigenvalue weighted by Crippen LogP contribution is 2.26. The molecule has 2 aromatic rings. The Labute approximate surface area is 142 Å². The van der Waals surface area contributed by atoms with Crippen molar-refractivity contribution in [3.05, 3.63) is 46.2 Å². The molecule has 23 heavy (non-hydrogen) atoms. The Balaban J connectivity index is 2.23. The van der Waals surface area contributed by atoms with E-state index in [9.17, 15) is 8.42 Å². The zero-order chi connectivity index (χ0) is 17.0. The Morgan fingerprint density at radius 1 is 1.30 bits per heavy atom. The number of benzene rings is 1. The number of nitrogens with one attached hydrogen (secondary N) is 1. The first-order valence-corrected chi connectivity index (χ1v) is 9.60. The highest BCUT2D eigenvalue weighted by molar-refractivity contribution is 7.89. The van der Waals surface area contributed by atoms with Crippen LogP contribution in [-0.4, -0.2) is 41.1 Å². The molecule has 0 amide bonds. The van der Waals surface area contributed by atoms with Crippen LogP contribution in [0.2, 0.25) is 0 Å². The molecule has 1 atom stereocenters. The fourth-order valence-electron chi connectivity index (χ4n) is 2.32. The lowest BCUT2D eigenvalue weighted by atomic mass is 10.1. The molecule has 0 saturated heterocycles. The molecule has 0 radical (unpaired) electrons. The highest BCUT2D eigenvalue weighted by Gasteiger charge is 2.23. The molecule has 0 fully saturated rings. The molecule has 7 heteroatoms. The minimum absolute atomic E-state index is 0.0215. The van der Waals surface area contributed by atoms with E-state index in [0.717, 1.165) is 11.1 Å². The van der Waals surface area contributed by atoms with Gasteiger partial charge in [-0.1, -0.05) is 6.07 Å². The standard InChI is InChI=1S/C16H22N2O3S2/c1-12-5-6-15(21-4)16(9-12)23(19,20)17-10-14(18(2)3)13-7-8-22-11-13/h5-9,11,14,17H,10H2,1-4H3. The monoisotopic (exact) mass is 354 g/mol. The van der Waals surface area contributed by atoms with Crippen molar-refractivity contribution in [3.63, 3.8) is 0 Å². The number of hydrogen-bond acceptors (Lipinski definition) is 5. The number of sulfonamides is 1. The minimum atomic E-state index is -3.64. The van der Waals surface area contributed by atoms with Gasteiger partial charge >= 0.3 is 0 Å². The summed E-state index contributed by atoms with van der Waals surface area (Å²) in [6.07, 6.45) is 0. The van der Waals surface area contributed by atoms with Crippen molar-refractivity contribution in [3.8, 4) is 5.75 Å². The topological polar surface area (TPSA) is 58.6 Å². The number of nitrogens with zero attached hydrogens (tertiary/aromatic N) is 1. The second kappa shape index (κ2) is 7.44. The fraction of sp³-hybridized carbons (Fsp3) is 0.375. The number of ether oxygens (including phenoxy) is 1. The van der Waals surface area contributed by atoms with Crippen molar-refractivity contribution in [1.82, 2.24) is 9.62 Å². The van der Waals surface area contributed by atoms with Gasteiger partial charge in [-0.25, -0.2) is 13.1 Å². The van der Waals surface area contributed by atoms with Crippen LogP contribution < -0.4 is 9.46 Å². The molecule has 0 spiro atoms. The number of hydrogen-bond donors (Lipinski definition) is 1. The first-order valence-electron chi connectivity index (χ1n) is 7.18. The van der Waals surface area contributed by atoms with Gasteiger partial charge in [0.2, 0.25) is 10.0 Å². The Kier molecular flexibility index (Phi) is 5.80. The summed E-state index contributed by atoms with van der Waals surface area (Å²) >= 11 is 1.60. The first kappa shape index (κ1) is 17.9. The zero-order valence-corrected chi connectivity index (χ0v) is 15.4. The molecule has 126 valence electrons. The molecular weight excluding hydrogens is 332 g/mol. The molecule has 1 unspecified atom stereocenters. The summed E-state index contributed by atoms with van der Waals surface area (Å²) < 4.78 is 33.2. The highest BCUT2D eigenvalue weighted by atomic mass is 32.2.